The lowest BCUT2D eigenvalue weighted by Crippen LogP contribution is -2.12. The summed E-state index contributed by atoms with van der Waals surface area (Å²) >= 11 is 1.34. The van der Waals surface area contributed by atoms with E-state index in [1.165, 1.54) is 11.8 Å². The smallest absolute Gasteiger partial charge is 0.313 e. The van der Waals surface area contributed by atoms with Gasteiger partial charge in [-0.05, 0) is 50.8 Å². The van der Waals surface area contributed by atoms with E-state index in [1.807, 2.05) is 31.2 Å². The summed E-state index contributed by atoms with van der Waals surface area (Å²) < 4.78 is 11.7. The molecule has 0 aliphatic heterocycles. The predicted octanol–water partition coefficient (Wildman–Crippen LogP) is 4.80. The predicted molar refractivity (Wildman–Crippen MR) is 107 cm³/mol. The number of aliphatic carboxylic acids is 1. The van der Waals surface area contributed by atoms with Crippen LogP contribution in [0, 0.1) is 24.2 Å². The molecule has 1 aliphatic rings. The Hall–Kier alpha value is -2.46. The van der Waals surface area contributed by atoms with Gasteiger partial charge in [0.25, 0.3) is 0 Å². The first-order valence-electron chi connectivity index (χ1n) is 9.45. The molecule has 1 saturated carbocycles. The summed E-state index contributed by atoms with van der Waals surface area (Å²) in [4.78, 5) is 15.2. The Balaban J connectivity index is 1.55. The van der Waals surface area contributed by atoms with E-state index < -0.39 is 5.97 Å². The summed E-state index contributed by atoms with van der Waals surface area (Å²) in [5, 5.41) is 17.6. The number of carboxylic acid groups (broad SMARTS) is 1. The van der Waals surface area contributed by atoms with Gasteiger partial charge in [-0.1, -0.05) is 6.08 Å². The molecule has 0 amide bonds. The van der Waals surface area contributed by atoms with Crippen LogP contribution in [0.5, 0.6) is 0 Å². The fraction of sp³-hybridized carbons (Fsp3) is 0.476. The second kappa shape index (κ2) is 9.65. The van der Waals surface area contributed by atoms with Crippen LogP contribution < -0.4 is 0 Å². The van der Waals surface area contributed by atoms with Gasteiger partial charge in [0.15, 0.2) is 5.89 Å². The zero-order valence-electron chi connectivity index (χ0n) is 15.9. The molecule has 28 heavy (non-hydrogen) atoms. The number of nitriles is 1. The Morgan fingerprint density at radius 2 is 2.14 bits per heavy atom. The van der Waals surface area contributed by atoms with E-state index in [0.29, 0.717) is 18.1 Å². The van der Waals surface area contributed by atoms with Crippen molar-refractivity contribution in [1.82, 2.24) is 4.98 Å². The molecule has 1 aliphatic carbocycles. The first-order valence-corrected chi connectivity index (χ1v) is 10.6. The fourth-order valence-corrected chi connectivity index (χ4v) is 3.91. The van der Waals surface area contributed by atoms with Crippen LogP contribution in [0.15, 0.2) is 27.0 Å². The Labute approximate surface area is 168 Å². The van der Waals surface area contributed by atoms with E-state index in [-0.39, 0.29) is 11.7 Å². The second-order valence-electron chi connectivity index (χ2n) is 7.02. The molecule has 0 bridgehead atoms. The van der Waals surface area contributed by atoms with Gasteiger partial charge in [0.1, 0.15) is 17.3 Å². The molecule has 2 heterocycles. The molecule has 2 aromatic heterocycles. The van der Waals surface area contributed by atoms with Crippen molar-refractivity contribution >= 4 is 23.8 Å². The van der Waals surface area contributed by atoms with Gasteiger partial charge in [-0.3, -0.25) is 4.79 Å². The molecule has 1 fully saturated rings. The summed E-state index contributed by atoms with van der Waals surface area (Å²) in [7, 11) is 0. The monoisotopic (exact) mass is 400 g/mol. The highest BCUT2D eigenvalue weighted by molar-refractivity contribution is 8.00. The Morgan fingerprint density at radius 1 is 1.36 bits per heavy atom. The van der Waals surface area contributed by atoms with Crippen molar-refractivity contribution in [1.29, 1.82) is 5.26 Å². The van der Waals surface area contributed by atoms with Crippen molar-refractivity contribution in [3.05, 3.63) is 47.1 Å². The van der Waals surface area contributed by atoms with Crippen LogP contribution in [-0.2, 0) is 11.2 Å². The van der Waals surface area contributed by atoms with Gasteiger partial charge in [0, 0.05) is 17.6 Å². The summed E-state index contributed by atoms with van der Waals surface area (Å²) in [6.45, 7) is 1.93. The molecule has 3 rings (SSSR count). The van der Waals surface area contributed by atoms with Crippen molar-refractivity contribution in [2.45, 2.75) is 44.9 Å². The number of rotatable bonds is 8. The zero-order valence-corrected chi connectivity index (χ0v) is 16.7. The van der Waals surface area contributed by atoms with Crippen molar-refractivity contribution < 1.29 is 18.7 Å². The average molecular weight is 401 g/mol. The average Bonchev–Trinajstić information content (AvgIpc) is 3.28. The topological polar surface area (TPSA) is 100 Å². The number of carboxylic acids is 1. The van der Waals surface area contributed by atoms with Gasteiger partial charge >= 0.3 is 5.97 Å². The lowest BCUT2D eigenvalue weighted by molar-refractivity contribution is -0.133. The maximum Gasteiger partial charge on any atom is 0.313 e. The van der Waals surface area contributed by atoms with E-state index in [4.69, 9.17) is 24.2 Å². The van der Waals surface area contributed by atoms with Crippen LogP contribution in [0.25, 0.3) is 6.08 Å². The first kappa shape index (κ1) is 20.3. The van der Waals surface area contributed by atoms with E-state index in [1.54, 1.807) is 0 Å². The number of carbonyl (C=O) groups is 1. The Morgan fingerprint density at radius 3 is 2.86 bits per heavy atom. The first-order chi connectivity index (χ1) is 13.5. The third kappa shape index (κ3) is 5.52. The number of hydrogen-bond acceptors (Lipinski definition) is 6. The standard InChI is InChI=1S/C21H24N2O4S/c1-14-19(23-21(26-14)16-6-4-15(12-22)5-7-16)11-18-9-8-17(27-18)3-2-10-28-13-20(24)25/h2-3,8-9,15-16H,4-7,10-11,13H2,1H3,(H,24,25)/b3-2+. The Kier molecular flexibility index (Phi) is 6.99. The maximum atomic E-state index is 10.5. The maximum absolute atomic E-state index is 10.5. The van der Waals surface area contributed by atoms with Crippen LogP contribution >= 0.6 is 11.8 Å². The molecular weight excluding hydrogens is 376 g/mol. The number of oxazole rings is 1. The molecule has 0 unspecified atom stereocenters. The number of aromatic nitrogens is 1. The van der Waals surface area contributed by atoms with Crippen LogP contribution in [0.2, 0.25) is 0 Å². The quantitative estimate of drug-likeness (QED) is 0.635. The molecule has 0 saturated heterocycles. The van der Waals surface area contributed by atoms with E-state index in [0.717, 1.165) is 54.5 Å². The minimum atomic E-state index is -0.806. The van der Waals surface area contributed by atoms with Crippen LogP contribution in [0.3, 0.4) is 0 Å². The highest BCUT2D eigenvalue weighted by atomic mass is 32.2. The highest BCUT2D eigenvalue weighted by Crippen LogP contribution is 2.36. The van der Waals surface area contributed by atoms with Gasteiger partial charge in [0.05, 0.1) is 23.9 Å². The fourth-order valence-electron chi connectivity index (χ4n) is 3.38. The zero-order chi connectivity index (χ0) is 19.9. The lowest BCUT2D eigenvalue weighted by atomic mass is 9.83. The van der Waals surface area contributed by atoms with Gasteiger partial charge in [-0.2, -0.15) is 5.26 Å². The number of aryl methyl sites for hydroxylation is 1. The van der Waals surface area contributed by atoms with Crippen molar-refractivity contribution in [2.24, 2.45) is 5.92 Å². The van der Waals surface area contributed by atoms with E-state index in [2.05, 4.69) is 6.07 Å². The SMILES string of the molecule is Cc1oc(C2CCC(C#N)CC2)nc1Cc1ccc(/C=C/CSCC(=O)O)o1. The third-order valence-corrected chi connectivity index (χ3v) is 5.79. The number of thioether (sulfide) groups is 1. The van der Waals surface area contributed by atoms with Gasteiger partial charge in [0.2, 0.25) is 0 Å². The molecule has 1 N–H and O–H groups in total. The number of furan rings is 1. The highest BCUT2D eigenvalue weighted by Gasteiger charge is 2.26. The molecular formula is C21H24N2O4S. The molecule has 0 radical (unpaired) electrons. The summed E-state index contributed by atoms with van der Waals surface area (Å²) in [5.74, 6) is 3.54. The van der Waals surface area contributed by atoms with Crippen molar-refractivity contribution in [3.8, 4) is 6.07 Å². The summed E-state index contributed by atoms with van der Waals surface area (Å²) in [5.41, 5.74) is 0.888. The van der Waals surface area contributed by atoms with Crippen LogP contribution in [0.1, 0.15) is 60.5 Å². The third-order valence-electron chi connectivity index (χ3n) is 4.91. The van der Waals surface area contributed by atoms with E-state index >= 15 is 0 Å². The van der Waals surface area contributed by atoms with Gasteiger partial charge < -0.3 is 13.9 Å². The van der Waals surface area contributed by atoms with Crippen LogP contribution in [-0.4, -0.2) is 27.6 Å². The van der Waals surface area contributed by atoms with Crippen molar-refractivity contribution in [3.63, 3.8) is 0 Å². The number of hydrogen-bond donors (Lipinski definition) is 1. The van der Waals surface area contributed by atoms with E-state index in [9.17, 15) is 4.79 Å². The molecule has 148 valence electrons. The van der Waals surface area contributed by atoms with Gasteiger partial charge in [-0.25, -0.2) is 4.98 Å². The Bertz CT molecular complexity index is 869. The lowest BCUT2D eigenvalue weighted by Gasteiger charge is -2.21. The minimum absolute atomic E-state index is 0.0969. The molecule has 7 heteroatoms. The molecule has 0 spiro atoms. The second-order valence-corrected chi connectivity index (χ2v) is 8.05. The van der Waals surface area contributed by atoms with Gasteiger partial charge in [-0.15, -0.1) is 11.8 Å². The van der Waals surface area contributed by atoms with Crippen LogP contribution in [0.4, 0.5) is 0 Å². The molecule has 0 atom stereocenters. The normalized spacial score (nSPS) is 19.7. The minimum Gasteiger partial charge on any atom is -0.481 e. The summed E-state index contributed by atoms with van der Waals surface area (Å²) in [6.07, 6.45) is 8.05. The largest absolute Gasteiger partial charge is 0.481 e. The molecule has 2 aromatic rings. The molecule has 6 nitrogen and oxygen atoms in total. The summed E-state index contributed by atoms with van der Waals surface area (Å²) in [6, 6.07) is 6.18. The number of nitrogens with zero attached hydrogens (tertiary/aromatic N) is 2. The molecule has 0 aromatic carbocycles. The van der Waals surface area contributed by atoms with Crippen molar-refractivity contribution in [2.75, 3.05) is 11.5 Å².